The number of hydrogen-bond acceptors (Lipinski definition) is 4. The van der Waals surface area contributed by atoms with Gasteiger partial charge in [0.05, 0.1) is 11.3 Å². The van der Waals surface area contributed by atoms with Crippen LogP contribution in [0.5, 0.6) is 0 Å². The molecule has 5 nitrogen and oxygen atoms in total. The van der Waals surface area contributed by atoms with E-state index in [1.807, 2.05) is 30.3 Å². The van der Waals surface area contributed by atoms with Crippen LogP contribution in [0.15, 0.2) is 59.8 Å². The lowest BCUT2D eigenvalue weighted by molar-refractivity contribution is -0.118. The number of thioether (sulfide) groups is 1. The lowest BCUT2D eigenvalue weighted by Gasteiger charge is -2.11. The minimum atomic E-state index is -0.363. The molecule has 0 saturated heterocycles. The first-order valence-corrected chi connectivity index (χ1v) is 10.8. The van der Waals surface area contributed by atoms with Gasteiger partial charge in [-0.05, 0) is 30.7 Å². The molecule has 2 aromatic carbocycles. The fourth-order valence-corrected chi connectivity index (χ4v) is 3.73. The van der Waals surface area contributed by atoms with Gasteiger partial charge in [0.2, 0.25) is 5.91 Å². The van der Waals surface area contributed by atoms with Crippen molar-refractivity contribution in [2.24, 2.45) is 0 Å². The number of halogens is 1. The van der Waals surface area contributed by atoms with Gasteiger partial charge in [0.1, 0.15) is 5.82 Å². The van der Waals surface area contributed by atoms with Gasteiger partial charge in [-0.15, -0.1) is 10.2 Å². The largest absolute Gasteiger partial charge is 0.355 e. The average Bonchev–Trinajstić information content (AvgIpc) is 3.17. The molecule has 0 atom stereocenters. The second kappa shape index (κ2) is 10.8. The normalized spacial score (nSPS) is 10.8. The predicted octanol–water partition coefficient (Wildman–Crippen LogP) is 4.86. The minimum Gasteiger partial charge on any atom is -0.355 e. The molecular formula is C22H25FN4OS. The quantitative estimate of drug-likeness (QED) is 0.382. The maximum absolute atomic E-state index is 14.4. The standard InChI is InChI=1S/C22H25FN4OS/c1-2-3-4-10-15-24-20(28)16-29-22-26-25-21(18-13-8-9-14-19(18)23)27(22)17-11-6-5-7-12-17/h5-9,11-14H,2-4,10,15-16H2,1H3,(H,24,28). The van der Waals surface area contributed by atoms with E-state index in [2.05, 4.69) is 22.4 Å². The molecule has 0 fully saturated rings. The summed E-state index contributed by atoms with van der Waals surface area (Å²) in [4.78, 5) is 12.2. The van der Waals surface area contributed by atoms with Crippen LogP contribution in [-0.4, -0.2) is 33.0 Å². The Morgan fingerprint density at radius 3 is 2.55 bits per heavy atom. The van der Waals surface area contributed by atoms with E-state index in [-0.39, 0.29) is 17.5 Å². The number of benzene rings is 2. The van der Waals surface area contributed by atoms with E-state index in [4.69, 9.17) is 0 Å². The van der Waals surface area contributed by atoms with E-state index in [0.717, 1.165) is 18.5 Å². The number of aromatic nitrogens is 3. The molecule has 0 radical (unpaired) electrons. The van der Waals surface area contributed by atoms with Crippen molar-refractivity contribution in [3.8, 4) is 17.1 Å². The smallest absolute Gasteiger partial charge is 0.230 e. The number of unbranched alkanes of at least 4 members (excludes halogenated alkanes) is 3. The van der Waals surface area contributed by atoms with Crippen molar-refractivity contribution in [3.05, 3.63) is 60.4 Å². The van der Waals surface area contributed by atoms with Crippen molar-refractivity contribution < 1.29 is 9.18 Å². The molecule has 152 valence electrons. The SMILES string of the molecule is CCCCCCNC(=O)CSc1nnc(-c2ccccc2F)n1-c1ccccc1. The summed E-state index contributed by atoms with van der Waals surface area (Å²) in [5.41, 5.74) is 1.19. The van der Waals surface area contributed by atoms with Crippen LogP contribution in [0.4, 0.5) is 4.39 Å². The molecule has 0 unspecified atom stereocenters. The molecule has 0 bridgehead atoms. The number of carbonyl (C=O) groups is 1. The summed E-state index contributed by atoms with van der Waals surface area (Å²) in [6.45, 7) is 2.85. The number of nitrogens with one attached hydrogen (secondary N) is 1. The number of amides is 1. The van der Waals surface area contributed by atoms with E-state index in [1.165, 1.54) is 30.7 Å². The van der Waals surface area contributed by atoms with Gasteiger partial charge in [-0.2, -0.15) is 0 Å². The molecule has 0 aliphatic rings. The van der Waals surface area contributed by atoms with E-state index in [0.29, 0.717) is 23.1 Å². The summed E-state index contributed by atoms with van der Waals surface area (Å²) in [5.74, 6) is 0.243. The molecule has 0 spiro atoms. The fraction of sp³-hybridized carbons (Fsp3) is 0.318. The first kappa shape index (κ1) is 21.0. The van der Waals surface area contributed by atoms with Gasteiger partial charge < -0.3 is 5.32 Å². The molecule has 3 aromatic rings. The highest BCUT2D eigenvalue weighted by atomic mass is 32.2. The van der Waals surface area contributed by atoms with E-state index in [1.54, 1.807) is 22.8 Å². The first-order valence-electron chi connectivity index (χ1n) is 9.86. The third-order valence-corrected chi connectivity index (χ3v) is 5.38. The van der Waals surface area contributed by atoms with E-state index < -0.39 is 0 Å². The minimum absolute atomic E-state index is 0.0402. The Kier molecular flexibility index (Phi) is 7.81. The predicted molar refractivity (Wildman–Crippen MR) is 115 cm³/mol. The fourth-order valence-electron chi connectivity index (χ4n) is 2.95. The molecule has 0 aliphatic carbocycles. The van der Waals surface area contributed by atoms with Gasteiger partial charge >= 0.3 is 0 Å². The van der Waals surface area contributed by atoms with Crippen LogP contribution in [0.3, 0.4) is 0 Å². The van der Waals surface area contributed by atoms with Gasteiger partial charge in [-0.25, -0.2) is 4.39 Å². The van der Waals surface area contributed by atoms with Crippen molar-refractivity contribution in [2.45, 2.75) is 37.8 Å². The zero-order valence-corrected chi connectivity index (χ0v) is 17.3. The third kappa shape index (κ3) is 5.67. The van der Waals surface area contributed by atoms with Crippen LogP contribution in [0.1, 0.15) is 32.6 Å². The van der Waals surface area contributed by atoms with Crippen molar-refractivity contribution in [1.29, 1.82) is 0 Å². The van der Waals surface area contributed by atoms with Crippen LogP contribution in [0, 0.1) is 5.82 Å². The lowest BCUT2D eigenvalue weighted by atomic mass is 10.2. The number of para-hydroxylation sites is 1. The summed E-state index contributed by atoms with van der Waals surface area (Å²) < 4.78 is 16.2. The molecule has 7 heteroatoms. The molecule has 0 saturated carbocycles. The molecular weight excluding hydrogens is 387 g/mol. The highest BCUT2D eigenvalue weighted by Crippen LogP contribution is 2.29. The summed E-state index contributed by atoms with van der Waals surface area (Å²) in [6, 6.07) is 16.0. The van der Waals surface area contributed by atoms with Crippen molar-refractivity contribution >= 4 is 17.7 Å². The molecule has 29 heavy (non-hydrogen) atoms. The summed E-state index contributed by atoms with van der Waals surface area (Å²) in [5, 5.41) is 11.9. The zero-order valence-electron chi connectivity index (χ0n) is 16.5. The number of nitrogens with zero attached hydrogens (tertiary/aromatic N) is 3. The molecule has 1 heterocycles. The Morgan fingerprint density at radius 2 is 1.79 bits per heavy atom. The van der Waals surface area contributed by atoms with Crippen LogP contribution in [0.25, 0.3) is 17.1 Å². The summed E-state index contributed by atoms with van der Waals surface area (Å²) in [7, 11) is 0. The van der Waals surface area contributed by atoms with Gasteiger partial charge in [0.25, 0.3) is 0 Å². The Hall–Kier alpha value is -2.67. The third-order valence-electron chi connectivity index (χ3n) is 4.45. The number of hydrogen-bond donors (Lipinski definition) is 1. The second-order valence-electron chi connectivity index (χ2n) is 6.66. The van der Waals surface area contributed by atoms with Gasteiger partial charge in [-0.3, -0.25) is 9.36 Å². The maximum Gasteiger partial charge on any atom is 0.230 e. The van der Waals surface area contributed by atoms with Crippen LogP contribution < -0.4 is 5.32 Å². The Labute approximate surface area is 174 Å². The number of carbonyl (C=O) groups excluding carboxylic acids is 1. The van der Waals surface area contributed by atoms with Gasteiger partial charge in [-0.1, -0.05) is 68.3 Å². The maximum atomic E-state index is 14.4. The van der Waals surface area contributed by atoms with Crippen molar-refractivity contribution in [1.82, 2.24) is 20.1 Å². The molecule has 0 aliphatic heterocycles. The van der Waals surface area contributed by atoms with Crippen LogP contribution in [-0.2, 0) is 4.79 Å². The molecule has 3 rings (SSSR count). The topological polar surface area (TPSA) is 59.8 Å². The first-order chi connectivity index (χ1) is 14.2. The monoisotopic (exact) mass is 412 g/mol. The Bertz CT molecular complexity index is 930. The second-order valence-corrected chi connectivity index (χ2v) is 7.60. The van der Waals surface area contributed by atoms with E-state index in [9.17, 15) is 9.18 Å². The van der Waals surface area contributed by atoms with Gasteiger partial charge in [0, 0.05) is 12.2 Å². The lowest BCUT2D eigenvalue weighted by Crippen LogP contribution is -2.26. The van der Waals surface area contributed by atoms with Crippen LogP contribution >= 0.6 is 11.8 Å². The molecule has 1 N–H and O–H groups in total. The van der Waals surface area contributed by atoms with E-state index >= 15 is 0 Å². The molecule has 1 aromatic heterocycles. The highest BCUT2D eigenvalue weighted by Gasteiger charge is 2.19. The average molecular weight is 413 g/mol. The van der Waals surface area contributed by atoms with Crippen LogP contribution in [0.2, 0.25) is 0 Å². The summed E-state index contributed by atoms with van der Waals surface area (Å²) in [6.07, 6.45) is 4.47. The van der Waals surface area contributed by atoms with Gasteiger partial charge in [0.15, 0.2) is 11.0 Å². The van der Waals surface area contributed by atoms with Crippen molar-refractivity contribution in [2.75, 3.05) is 12.3 Å². The Morgan fingerprint density at radius 1 is 1.03 bits per heavy atom. The van der Waals surface area contributed by atoms with Crippen molar-refractivity contribution in [3.63, 3.8) is 0 Å². The summed E-state index contributed by atoms with van der Waals surface area (Å²) >= 11 is 1.29. The Balaban J connectivity index is 1.76. The molecule has 1 amide bonds. The number of rotatable bonds is 10. The zero-order chi connectivity index (χ0) is 20.5. The highest BCUT2D eigenvalue weighted by molar-refractivity contribution is 7.99.